The molecule has 6 aromatic carbocycles. The Balaban J connectivity index is 0.000000191. The fourth-order valence-electron chi connectivity index (χ4n) is 6.69. The molecule has 0 bridgehead atoms. The predicted octanol–water partition coefficient (Wildman–Crippen LogP) is 7.35. The van der Waals surface area contributed by atoms with Gasteiger partial charge in [0.25, 0.3) is 0 Å². The molecule has 328 valence electrons. The molecule has 64 heavy (non-hydrogen) atoms. The second-order valence-corrected chi connectivity index (χ2v) is 18.4. The topological polar surface area (TPSA) is 226 Å². The molecule has 16 nitrogen and oxygen atoms in total. The summed E-state index contributed by atoms with van der Waals surface area (Å²) in [7, 11) is -5.05. The van der Waals surface area contributed by atoms with E-state index in [1.165, 1.54) is 21.6 Å². The molecule has 0 unspecified atom stereocenters. The van der Waals surface area contributed by atoms with Crippen LogP contribution in [0.3, 0.4) is 0 Å². The summed E-state index contributed by atoms with van der Waals surface area (Å²) in [6.07, 6.45) is 0. The van der Waals surface area contributed by atoms with Crippen molar-refractivity contribution >= 4 is 43.2 Å². The van der Waals surface area contributed by atoms with Gasteiger partial charge in [0.2, 0.25) is 25.9 Å². The van der Waals surface area contributed by atoms with E-state index in [0.717, 1.165) is 44.9 Å². The molecule has 0 amide bonds. The van der Waals surface area contributed by atoms with Crippen molar-refractivity contribution in [3.63, 3.8) is 0 Å². The van der Waals surface area contributed by atoms with Gasteiger partial charge in [0.05, 0.1) is 42.7 Å². The van der Waals surface area contributed by atoms with Gasteiger partial charge in [-0.15, -0.1) is 15.3 Å². The van der Waals surface area contributed by atoms with Crippen LogP contribution in [0, 0.1) is 13.8 Å². The van der Waals surface area contributed by atoms with Crippen LogP contribution in [0.15, 0.2) is 131 Å². The number of rotatable bonds is 12. The number of sulfonamides is 2. The zero-order valence-corrected chi connectivity index (χ0v) is 37.9. The third-order valence-electron chi connectivity index (χ3n) is 9.88. The third-order valence-corrected chi connectivity index (χ3v) is 12.2. The van der Waals surface area contributed by atoms with Gasteiger partial charge in [-0.05, 0) is 111 Å². The maximum Gasteiger partial charge on any atom is 0.238 e. The van der Waals surface area contributed by atoms with E-state index in [4.69, 9.17) is 43.0 Å². The van der Waals surface area contributed by atoms with Gasteiger partial charge in [0.15, 0.2) is 5.82 Å². The van der Waals surface area contributed by atoms with Crippen LogP contribution in [0.1, 0.15) is 22.3 Å². The average Bonchev–Trinajstić information content (AvgIpc) is 3.93. The van der Waals surface area contributed by atoms with E-state index in [-0.39, 0.29) is 37.0 Å². The Labute approximate surface area is 379 Å². The molecule has 8 aromatic rings. The zero-order chi connectivity index (χ0) is 45.8. The molecule has 0 aliphatic carbocycles. The number of hydrogen-bond donors (Lipinski definition) is 2. The number of ether oxygens (including phenoxy) is 2. The lowest BCUT2D eigenvalue weighted by Gasteiger charge is -2.15. The number of nitrogens with two attached hydrogens (primary N) is 2. The number of hydrogen-bond acceptors (Lipinski definition) is 12. The first kappa shape index (κ1) is 45.5. The lowest BCUT2D eigenvalue weighted by atomic mass is 9.98. The number of methoxy groups -OCH3 is 2. The van der Waals surface area contributed by atoms with Crippen LogP contribution < -0.4 is 19.8 Å². The van der Waals surface area contributed by atoms with Gasteiger partial charge >= 0.3 is 0 Å². The second kappa shape index (κ2) is 19.1. The van der Waals surface area contributed by atoms with Gasteiger partial charge in [-0.25, -0.2) is 31.8 Å². The van der Waals surface area contributed by atoms with Crippen LogP contribution in [0.2, 0.25) is 10.0 Å². The molecular weight excluding hydrogens is 900 g/mol. The lowest BCUT2D eigenvalue weighted by Crippen LogP contribution is -2.15. The number of aromatic nitrogens is 8. The lowest BCUT2D eigenvalue weighted by molar-refractivity contribution is 0.414. The molecule has 0 aliphatic heterocycles. The molecule has 0 radical (unpaired) electrons. The number of benzene rings is 6. The van der Waals surface area contributed by atoms with Gasteiger partial charge in [0, 0.05) is 15.6 Å². The van der Waals surface area contributed by atoms with Crippen LogP contribution in [0.5, 0.6) is 11.5 Å². The van der Waals surface area contributed by atoms with Gasteiger partial charge < -0.3 is 9.47 Å². The highest BCUT2D eigenvalue weighted by atomic mass is 35.5. The predicted molar refractivity (Wildman–Crippen MR) is 244 cm³/mol. The van der Waals surface area contributed by atoms with Crippen molar-refractivity contribution in [2.24, 2.45) is 10.3 Å². The van der Waals surface area contributed by atoms with Crippen LogP contribution in [0.4, 0.5) is 0 Å². The zero-order valence-electron chi connectivity index (χ0n) is 34.7. The first-order valence-electron chi connectivity index (χ1n) is 19.2. The number of aryl methyl sites for hydroxylation is 2. The van der Waals surface area contributed by atoms with Crippen LogP contribution >= 0.6 is 23.2 Å². The maximum atomic E-state index is 12.5. The molecule has 0 saturated carbocycles. The third kappa shape index (κ3) is 10.6. The maximum absolute atomic E-state index is 12.5. The van der Waals surface area contributed by atoms with E-state index in [9.17, 15) is 16.8 Å². The van der Waals surface area contributed by atoms with E-state index >= 15 is 0 Å². The van der Waals surface area contributed by atoms with Gasteiger partial charge in [-0.3, -0.25) is 0 Å². The second-order valence-electron chi connectivity index (χ2n) is 14.5. The molecule has 0 fully saturated rings. The van der Waals surface area contributed by atoms with Crippen molar-refractivity contribution in [3.05, 3.63) is 154 Å². The first-order valence-corrected chi connectivity index (χ1v) is 23.0. The molecule has 0 aliphatic rings. The highest BCUT2D eigenvalue weighted by molar-refractivity contribution is 7.89. The Hall–Kier alpha value is -6.54. The van der Waals surface area contributed by atoms with E-state index < -0.39 is 20.0 Å². The van der Waals surface area contributed by atoms with Gasteiger partial charge in [-0.2, -0.15) is 4.80 Å². The highest BCUT2D eigenvalue weighted by Crippen LogP contribution is 2.40. The highest BCUT2D eigenvalue weighted by Gasteiger charge is 2.27. The molecule has 0 spiro atoms. The van der Waals surface area contributed by atoms with E-state index in [2.05, 4.69) is 30.9 Å². The average molecular weight is 940 g/mol. The van der Waals surface area contributed by atoms with Gasteiger partial charge in [-0.1, -0.05) is 107 Å². The Morgan fingerprint density at radius 1 is 0.578 bits per heavy atom. The summed E-state index contributed by atoms with van der Waals surface area (Å²) in [5.41, 5.74) is 7.12. The van der Waals surface area contributed by atoms with E-state index in [1.54, 1.807) is 26.4 Å². The summed E-state index contributed by atoms with van der Waals surface area (Å²) < 4.78 is 61.7. The minimum absolute atomic E-state index is 0.134. The minimum Gasteiger partial charge on any atom is -0.497 e. The normalized spacial score (nSPS) is 11.5. The smallest absolute Gasteiger partial charge is 0.238 e. The molecule has 4 N–H and O–H groups in total. The fraction of sp³-hybridized carbons (Fsp3) is 0.136. The Kier molecular flexibility index (Phi) is 13.5. The Morgan fingerprint density at radius 3 is 1.50 bits per heavy atom. The molecule has 8 rings (SSSR count). The van der Waals surface area contributed by atoms with Crippen molar-refractivity contribution in [2.45, 2.75) is 36.7 Å². The Bertz CT molecular complexity index is 3170. The molecule has 0 atom stereocenters. The van der Waals surface area contributed by atoms with Crippen molar-refractivity contribution < 1.29 is 26.3 Å². The number of nitrogens with zero attached hydrogens (tertiary/aromatic N) is 8. The van der Waals surface area contributed by atoms with Crippen molar-refractivity contribution in [2.75, 3.05) is 14.2 Å². The summed E-state index contributed by atoms with van der Waals surface area (Å²) in [6.45, 7) is 4.58. The van der Waals surface area contributed by atoms with E-state index in [0.29, 0.717) is 29.8 Å². The van der Waals surface area contributed by atoms with Crippen molar-refractivity contribution in [3.8, 4) is 56.5 Å². The fourth-order valence-corrected chi connectivity index (χ4v) is 8.81. The summed E-state index contributed by atoms with van der Waals surface area (Å²) in [5.74, 6) is 1.86. The summed E-state index contributed by atoms with van der Waals surface area (Å²) in [4.78, 5) is 1.08. The molecule has 2 aromatic heterocycles. The summed E-state index contributed by atoms with van der Waals surface area (Å²) >= 11 is 12.5. The first-order chi connectivity index (χ1) is 30.5. The van der Waals surface area contributed by atoms with Crippen LogP contribution in [0.25, 0.3) is 45.0 Å². The minimum atomic E-state index is -4.13. The summed E-state index contributed by atoms with van der Waals surface area (Å²) in [5, 5.41) is 36.2. The largest absolute Gasteiger partial charge is 0.497 e. The number of tetrazole rings is 2. The number of halogens is 2. The Morgan fingerprint density at radius 2 is 1.03 bits per heavy atom. The van der Waals surface area contributed by atoms with E-state index in [1.807, 2.05) is 111 Å². The standard InChI is InChI=1S/2C22H20ClN5O3S/c1-14-3-7-16(8-4-14)19-11-17(23)12-20(32(24,29)30)21(19)22-25-26-27-28(22)13-15-5-9-18(31-2)10-6-15;1-14-3-7-16(8-4-14)19-11-17(23)12-20(32(24,29)30)21(19)22-25-27-28(26-22)13-15-5-9-18(31-2)10-6-15/h2*3-12H,13H2,1-2H3,(H2,24,29,30). The van der Waals surface area contributed by atoms with Crippen LogP contribution in [-0.2, 0) is 33.1 Å². The van der Waals surface area contributed by atoms with Crippen molar-refractivity contribution in [1.29, 1.82) is 0 Å². The quantitative estimate of drug-likeness (QED) is 0.123. The van der Waals surface area contributed by atoms with Gasteiger partial charge in [0.1, 0.15) is 11.5 Å². The molecular formula is C44H40Cl2N10O6S2. The van der Waals surface area contributed by atoms with Crippen LogP contribution in [-0.4, -0.2) is 71.5 Å². The monoisotopic (exact) mass is 938 g/mol. The molecule has 2 heterocycles. The summed E-state index contributed by atoms with van der Waals surface area (Å²) in [6, 6.07) is 36.0. The number of primary sulfonamides is 2. The molecule has 0 saturated heterocycles. The SMILES string of the molecule is COc1ccc(Cn2nnc(-c3c(-c4ccc(C)cc4)cc(Cl)cc3S(N)(=O)=O)n2)cc1.COc1ccc(Cn2nnnc2-c2c(-c3ccc(C)cc3)cc(Cl)cc2S(N)(=O)=O)cc1. The molecule has 20 heteroatoms. The van der Waals surface area contributed by atoms with Crippen molar-refractivity contribution in [1.82, 2.24) is 40.4 Å².